The number of carbonyl (C=O) groups is 1. The molecule has 0 amide bonds. The highest BCUT2D eigenvalue weighted by molar-refractivity contribution is 7.90. The van der Waals surface area contributed by atoms with Gasteiger partial charge in [-0.25, -0.2) is 4.79 Å². The van der Waals surface area contributed by atoms with E-state index in [0.29, 0.717) is 17.0 Å². The van der Waals surface area contributed by atoms with Gasteiger partial charge in [0, 0.05) is 11.3 Å². The number of hydrogen-bond donors (Lipinski definition) is 0. The molecule has 6 nitrogen and oxygen atoms in total. The van der Waals surface area contributed by atoms with Crippen LogP contribution in [0.1, 0.15) is 27.0 Å². The van der Waals surface area contributed by atoms with Crippen molar-refractivity contribution in [2.24, 2.45) is 4.40 Å². The zero-order chi connectivity index (χ0) is 22.0. The highest BCUT2D eigenvalue weighted by Crippen LogP contribution is 2.30. The number of aryl methyl sites for hydroxylation is 2. The van der Waals surface area contributed by atoms with Crippen LogP contribution in [-0.2, 0) is 14.8 Å². The summed E-state index contributed by atoms with van der Waals surface area (Å²) in [5.74, 6) is -0.101. The molecule has 7 heteroatoms. The van der Waals surface area contributed by atoms with Crippen molar-refractivity contribution >= 4 is 27.5 Å². The van der Waals surface area contributed by atoms with Crippen LogP contribution in [0.15, 0.2) is 82.1 Å². The SMILES string of the molecule is Cc1ccc(C(=O)OCCN(C2=NS(=O)(=O)c3ccccc32)c2ccc(C)cc2)cc1. The Hall–Kier alpha value is -3.45. The molecule has 0 aliphatic carbocycles. The Balaban J connectivity index is 1.60. The number of amidine groups is 1. The largest absolute Gasteiger partial charge is 0.460 e. The third kappa shape index (κ3) is 4.36. The van der Waals surface area contributed by atoms with E-state index in [0.717, 1.165) is 16.8 Å². The molecule has 0 atom stereocenters. The molecule has 4 rings (SSSR count). The Bertz CT molecular complexity index is 1250. The molecule has 3 aromatic rings. The molecule has 0 saturated carbocycles. The first kappa shape index (κ1) is 20.8. The molecule has 1 heterocycles. The van der Waals surface area contributed by atoms with E-state index < -0.39 is 16.0 Å². The maximum atomic E-state index is 12.5. The zero-order valence-electron chi connectivity index (χ0n) is 17.3. The summed E-state index contributed by atoms with van der Waals surface area (Å²) in [4.78, 5) is 14.3. The number of nitrogens with zero attached hydrogens (tertiary/aromatic N) is 2. The second kappa shape index (κ2) is 8.35. The van der Waals surface area contributed by atoms with Crippen LogP contribution in [-0.4, -0.2) is 33.4 Å². The molecule has 0 N–H and O–H groups in total. The number of anilines is 1. The van der Waals surface area contributed by atoms with Gasteiger partial charge in [0.2, 0.25) is 0 Å². The Morgan fingerprint density at radius 2 is 1.52 bits per heavy atom. The van der Waals surface area contributed by atoms with Crippen molar-refractivity contribution in [2.45, 2.75) is 18.7 Å². The lowest BCUT2D eigenvalue weighted by atomic mass is 10.1. The molecule has 3 aromatic carbocycles. The molecule has 158 valence electrons. The molecule has 0 unspecified atom stereocenters. The standard InChI is InChI=1S/C24H22N2O4S/c1-17-7-11-19(12-8-17)24(27)30-16-15-26(20-13-9-18(2)10-14-20)23-21-5-3-4-6-22(21)31(28,29)25-23/h3-14H,15-16H2,1-2H3. The fourth-order valence-electron chi connectivity index (χ4n) is 3.37. The average molecular weight is 435 g/mol. The Kier molecular flexibility index (Phi) is 5.61. The normalized spacial score (nSPS) is 13.9. The van der Waals surface area contributed by atoms with E-state index in [1.54, 1.807) is 41.3 Å². The summed E-state index contributed by atoms with van der Waals surface area (Å²) in [7, 11) is -3.77. The van der Waals surface area contributed by atoms with Crippen molar-refractivity contribution in [3.05, 3.63) is 95.1 Å². The van der Waals surface area contributed by atoms with Crippen LogP contribution in [0.25, 0.3) is 0 Å². The number of esters is 1. The van der Waals surface area contributed by atoms with Gasteiger partial charge in [0.25, 0.3) is 10.0 Å². The summed E-state index contributed by atoms with van der Waals surface area (Å²) in [5, 5.41) is 0. The third-order valence-corrected chi connectivity index (χ3v) is 6.37. The Morgan fingerprint density at radius 3 is 2.19 bits per heavy atom. The molecule has 0 radical (unpaired) electrons. The molecule has 0 spiro atoms. The van der Waals surface area contributed by atoms with Gasteiger partial charge in [-0.05, 0) is 50.2 Å². The zero-order valence-corrected chi connectivity index (χ0v) is 18.1. The second-order valence-electron chi connectivity index (χ2n) is 7.38. The molecule has 0 saturated heterocycles. The summed E-state index contributed by atoms with van der Waals surface area (Å²) >= 11 is 0. The van der Waals surface area contributed by atoms with Gasteiger partial charge in [-0.3, -0.25) is 0 Å². The molecular formula is C24H22N2O4S. The van der Waals surface area contributed by atoms with Gasteiger partial charge in [-0.2, -0.15) is 8.42 Å². The van der Waals surface area contributed by atoms with Crippen LogP contribution in [0.3, 0.4) is 0 Å². The maximum absolute atomic E-state index is 12.5. The lowest BCUT2D eigenvalue weighted by Crippen LogP contribution is -2.34. The topological polar surface area (TPSA) is 76.0 Å². The highest BCUT2D eigenvalue weighted by atomic mass is 32.2. The maximum Gasteiger partial charge on any atom is 0.338 e. The van der Waals surface area contributed by atoms with Gasteiger partial charge in [0.1, 0.15) is 11.5 Å². The summed E-state index contributed by atoms with van der Waals surface area (Å²) in [6.45, 7) is 4.25. The molecule has 0 fully saturated rings. The summed E-state index contributed by atoms with van der Waals surface area (Å²) < 4.78 is 34.6. The number of benzene rings is 3. The van der Waals surface area contributed by atoms with Gasteiger partial charge in [-0.1, -0.05) is 47.5 Å². The first-order chi connectivity index (χ1) is 14.8. The molecule has 31 heavy (non-hydrogen) atoms. The van der Waals surface area contributed by atoms with Crippen LogP contribution in [0.4, 0.5) is 5.69 Å². The monoisotopic (exact) mass is 434 g/mol. The van der Waals surface area contributed by atoms with Crippen molar-refractivity contribution in [2.75, 3.05) is 18.1 Å². The Morgan fingerprint density at radius 1 is 0.903 bits per heavy atom. The van der Waals surface area contributed by atoms with Crippen molar-refractivity contribution in [1.29, 1.82) is 0 Å². The molecule has 0 aromatic heterocycles. The predicted molar refractivity (Wildman–Crippen MR) is 120 cm³/mol. The predicted octanol–water partition coefficient (Wildman–Crippen LogP) is 4.12. The first-order valence-corrected chi connectivity index (χ1v) is 11.3. The summed E-state index contributed by atoms with van der Waals surface area (Å²) in [5.41, 5.74) is 3.91. The van der Waals surface area contributed by atoms with Crippen molar-refractivity contribution < 1.29 is 17.9 Å². The second-order valence-corrected chi connectivity index (χ2v) is 8.95. The van der Waals surface area contributed by atoms with E-state index in [2.05, 4.69) is 4.40 Å². The van der Waals surface area contributed by atoms with E-state index in [9.17, 15) is 13.2 Å². The van der Waals surface area contributed by atoms with Gasteiger partial charge in [0.15, 0.2) is 5.84 Å². The van der Waals surface area contributed by atoms with E-state index in [1.807, 2.05) is 50.2 Å². The first-order valence-electron chi connectivity index (χ1n) is 9.87. The number of fused-ring (bicyclic) bond motifs is 1. The summed E-state index contributed by atoms with van der Waals surface area (Å²) in [6, 6.07) is 21.6. The lowest BCUT2D eigenvalue weighted by molar-refractivity contribution is 0.0517. The van der Waals surface area contributed by atoms with E-state index in [1.165, 1.54) is 0 Å². The number of carbonyl (C=O) groups excluding carboxylic acids is 1. The van der Waals surface area contributed by atoms with Crippen LogP contribution in [0.2, 0.25) is 0 Å². The number of rotatable bonds is 5. The van der Waals surface area contributed by atoms with Gasteiger partial charge in [-0.15, -0.1) is 4.40 Å². The fourth-order valence-corrected chi connectivity index (χ4v) is 4.58. The van der Waals surface area contributed by atoms with Crippen LogP contribution in [0.5, 0.6) is 0 Å². The lowest BCUT2D eigenvalue weighted by Gasteiger charge is -2.24. The van der Waals surface area contributed by atoms with Crippen LogP contribution < -0.4 is 4.90 Å². The minimum Gasteiger partial charge on any atom is -0.460 e. The molecule has 1 aliphatic rings. The number of sulfonamides is 1. The highest BCUT2D eigenvalue weighted by Gasteiger charge is 2.32. The summed E-state index contributed by atoms with van der Waals surface area (Å²) in [6.07, 6.45) is 0. The number of hydrogen-bond acceptors (Lipinski definition) is 5. The van der Waals surface area contributed by atoms with Crippen LogP contribution in [0, 0.1) is 13.8 Å². The molecule has 1 aliphatic heterocycles. The van der Waals surface area contributed by atoms with Gasteiger partial charge < -0.3 is 9.64 Å². The third-order valence-electron chi connectivity index (χ3n) is 5.05. The van der Waals surface area contributed by atoms with Crippen molar-refractivity contribution in [3.8, 4) is 0 Å². The van der Waals surface area contributed by atoms with E-state index in [4.69, 9.17) is 4.74 Å². The smallest absolute Gasteiger partial charge is 0.338 e. The Labute approximate surface area is 181 Å². The van der Waals surface area contributed by atoms with E-state index in [-0.39, 0.29) is 18.0 Å². The fraction of sp³-hybridized carbons (Fsp3) is 0.167. The van der Waals surface area contributed by atoms with Crippen molar-refractivity contribution in [3.63, 3.8) is 0 Å². The van der Waals surface area contributed by atoms with Gasteiger partial charge >= 0.3 is 5.97 Å². The van der Waals surface area contributed by atoms with Crippen LogP contribution >= 0.6 is 0 Å². The minimum atomic E-state index is -3.77. The van der Waals surface area contributed by atoms with E-state index >= 15 is 0 Å². The molecule has 0 bridgehead atoms. The minimum absolute atomic E-state index is 0.0713. The van der Waals surface area contributed by atoms with Gasteiger partial charge in [0.05, 0.1) is 12.1 Å². The molecular weight excluding hydrogens is 412 g/mol. The average Bonchev–Trinajstić information content (AvgIpc) is 3.03. The quantitative estimate of drug-likeness (QED) is 0.565. The number of ether oxygens (including phenoxy) is 1. The van der Waals surface area contributed by atoms with Crippen molar-refractivity contribution in [1.82, 2.24) is 0 Å².